The molecule has 0 bridgehead atoms. The number of hydrogen-bond acceptors (Lipinski definition) is 3. The lowest BCUT2D eigenvalue weighted by Crippen LogP contribution is -2.38. The Kier molecular flexibility index (Phi) is 9.56. The maximum Gasteiger partial charge on any atom is 0.260 e. The molecule has 4 nitrogen and oxygen atoms in total. The third-order valence-electron chi connectivity index (χ3n) is 4.59. The van der Waals surface area contributed by atoms with E-state index in [4.69, 9.17) is 4.74 Å². The Hall–Kier alpha value is -2.33. The maximum absolute atomic E-state index is 12.1. The minimum Gasteiger partial charge on any atom is -0.481 e. The lowest BCUT2D eigenvalue weighted by Gasteiger charge is -2.28. The molecule has 4 heteroatoms. The first-order valence-corrected chi connectivity index (χ1v) is 10.4. The second kappa shape index (κ2) is 12.2. The lowest BCUT2D eigenvalue weighted by molar-refractivity contribution is -0.127. The molecule has 1 aliphatic heterocycles. The minimum atomic E-state index is -0.482. The van der Waals surface area contributed by atoms with Gasteiger partial charge in [0.25, 0.3) is 5.91 Å². The van der Waals surface area contributed by atoms with Crippen LogP contribution < -0.4 is 10.1 Å². The van der Waals surface area contributed by atoms with E-state index in [-0.39, 0.29) is 5.91 Å². The molecule has 0 saturated carbocycles. The van der Waals surface area contributed by atoms with Crippen LogP contribution in [0.2, 0.25) is 0 Å². The van der Waals surface area contributed by atoms with Crippen LogP contribution in [0.4, 0.5) is 0 Å². The Morgan fingerprint density at radius 1 is 1.07 bits per heavy atom. The van der Waals surface area contributed by atoms with Crippen molar-refractivity contribution in [2.75, 3.05) is 19.6 Å². The molecule has 0 aliphatic carbocycles. The molecule has 1 aliphatic rings. The molecule has 152 valence electrons. The van der Waals surface area contributed by atoms with Gasteiger partial charge in [0.05, 0.1) is 0 Å². The number of nitrogens with one attached hydrogen (secondary N) is 1. The standard InChI is InChI=1S/C21H26N2O2.C3H8/c1-17(25-20-10-3-2-4-11-20)21(24)22-13-7-14-23-15-12-18-8-5-6-9-19(18)16-23;1-3-2/h2-6,8-11,17H,7,12-16H2,1H3,(H,22,24);3H2,1-2H3. The third-order valence-corrected chi connectivity index (χ3v) is 4.59. The summed E-state index contributed by atoms with van der Waals surface area (Å²) in [7, 11) is 0. The summed E-state index contributed by atoms with van der Waals surface area (Å²) in [5.74, 6) is 0.657. The second-order valence-electron chi connectivity index (χ2n) is 7.22. The summed E-state index contributed by atoms with van der Waals surface area (Å²) in [4.78, 5) is 14.6. The van der Waals surface area contributed by atoms with Crippen molar-refractivity contribution in [2.24, 2.45) is 0 Å². The molecule has 2 aromatic rings. The summed E-state index contributed by atoms with van der Waals surface area (Å²) in [5.41, 5.74) is 2.90. The zero-order valence-electron chi connectivity index (χ0n) is 17.5. The van der Waals surface area contributed by atoms with Crippen LogP contribution in [0, 0.1) is 0 Å². The first-order valence-electron chi connectivity index (χ1n) is 10.4. The number of fused-ring (bicyclic) bond motifs is 1. The number of nitrogens with zero attached hydrogens (tertiary/aromatic N) is 1. The van der Waals surface area contributed by atoms with Gasteiger partial charge in [0, 0.05) is 26.2 Å². The number of hydrogen-bond donors (Lipinski definition) is 1. The maximum atomic E-state index is 12.1. The van der Waals surface area contributed by atoms with E-state index in [0.717, 1.165) is 38.2 Å². The summed E-state index contributed by atoms with van der Waals surface area (Å²) >= 11 is 0. The normalized spacial score (nSPS) is 14.2. The molecular weight excluding hydrogens is 348 g/mol. The van der Waals surface area contributed by atoms with Crippen molar-refractivity contribution in [3.8, 4) is 5.75 Å². The Labute approximate surface area is 169 Å². The number of benzene rings is 2. The molecule has 1 N–H and O–H groups in total. The quantitative estimate of drug-likeness (QED) is 0.720. The molecular formula is C24H34N2O2. The molecule has 0 radical (unpaired) electrons. The van der Waals surface area contributed by atoms with Crippen molar-refractivity contribution in [3.05, 3.63) is 65.7 Å². The minimum absolute atomic E-state index is 0.0622. The van der Waals surface area contributed by atoms with Gasteiger partial charge in [-0.15, -0.1) is 0 Å². The zero-order valence-corrected chi connectivity index (χ0v) is 17.5. The van der Waals surface area contributed by atoms with Crippen LogP contribution in [0.15, 0.2) is 54.6 Å². The molecule has 0 fully saturated rings. The average Bonchev–Trinajstić information content (AvgIpc) is 2.72. The molecule has 2 aromatic carbocycles. The summed E-state index contributed by atoms with van der Waals surface area (Å²) in [5, 5.41) is 2.97. The van der Waals surface area contributed by atoms with Gasteiger partial charge in [-0.3, -0.25) is 9.69 Å². The van der Waals surface area contributed by atoms with Crippen LogP contribution >= 0.6 is 0 Å². The Morgan fingerprint density at radius 3 is 2.43 bits per heavy atom. The van der Waals surface area contributed by atoms with Gasteiger partial charge in [-0.1, -0.05) is 62.7 Å². The number of ether oxygens (including phenoxy) is 1. The van der Waals surface area contributed by atoms with Crippen LogP contribution in [-0.4, -0.2) is 36.5 Å². The fraction of sp³-hybridized carbons (Fsp3) is 0.458. The molecule has 0 saturated heterocycles. The Morgan fingerprint density at radius 2 is 1.71 bits per heavy atom. The highest BCUT2D eigenvalue weighted by Gasteiger charge is 2.16. The zero-order chi connectivity index (χ0) is 20.2. The molecule has 1 unspecified atom stereocenters. The van der Waals surface area contributed by atoms with E-state index in [0.29, 0.717) is 6.54 Å². The Balaban J connectivity index is 0.000000878. The van der Waals surface area contributed by atoms with Crippen molar-refractivity contribution in [3.63, 3.8) is 0 Å². The number of carbonyl (C=O) groups excluding carboxylic acids is 1. The number of amides is 1. The first-order chi connectivity index (χ1) is 13.6. The van der Waals surface area contributed by atoms with E-state index in [9.17, 15) is 4.79 Å². The van der Waals surface area contributed by atoms with Gasteiger partial charge < -0.3 is 10.1 Å². The fourth-order valence-corrected chi connectivity index (χ4v) is 3.16. The van der Waals surface area contributed by atoms with Crippen LogP contribution in [0.25, 0.3) is 0 Å². The lowest BCUT2D eigenvalue weighted by atomic mass is 10.00. The van der Waals surface area contributed by atoms with Crippen LogP contribution in [-0.2, 0) is 17.8 Å². The first kappa shape index (κ1) is 22.0. The molecule has 1 amide bonds. The van der Waals surface area contributed by atoms with Crippen molar-refractivity contribution in [2.45, 2.75) is 52.7 Å². The average molecular weight is 383 g/mol. The number of carbonyl (C=O) groups is 1. The third kappa shape index (κ3) is 7.35. The highest BCUT2D eigenvalue weighted by Crippen LogP contribution is 2.18. The highest BCUT2D eigenvalue weighted by molar-refractivity contribution is 5.80. The molecule has 3 rings (SSSR count). The van der Waals surface area contributed by atoms with Crippen molar-refractivity contribution >= 4 is 5.91 Å². The fourth-order valence-electron chi connectivity index (χ4n) is 3.16. The second-order valence-corrected chi connectivity index (χ2v) is 7.22. The van der Waals surface area contributed by atoms with Gasteiger partial charge in [-0.05, 0) is 43.0 Å². The monoisotopic (exact) mass is 382 g/mol. The SMILES string of the molecule is CC(Oc1ccccc1)C(=O)NCCCN1CCc2ccccc2C1.CCC. The summed E-state index contributed by atoms with van der Waals surface area (Å²) < 4.78 is 5.64. The van der Waals surface area contributed by atoms with Gasteiger partial charge in [0.15, 0.2) is 6.10 Å². The van der Waals surface area contributed by atoms with E-state index < -0.39 is 6.10 Å². The van der Waals surface area contributed by atoms with Gasteiger partial charge >= 0.3 is 0 Å². The van der Waals surface area contributed by atoms with Crippen molar-refractivity contribution in [1.29, 1.82) is 0 Å². The summed E-state index contributed by atoms with van der Waals surface area (Å²) in [6.07, 6.45) is 2.83. The van der Waals surface area contributed by atoms with E-state index in [1.165, 1.54) is 17.5 Å². The van der Waals surface area contributed by atoms with E-state index in [1.807, 2.05) is 30.3 Å². The van der Waals surface area contributed by atoms with Gasteiger partial charge in [0.1, 0.15) is 5.75 Å². The highest BCUT2D eigenvalue weighted by atomic mass is 16.5. The number of rotatable bonds is 7. The predicted molar refractivity (Wildman–Crippen MR) is 116 cm³/mol. The van der Waals surface area contributed by atoms with Gasteiger partial charge in [-0.25, -0.2) is 0 Å². The molecule has 28 heavy (non-hydrogen) atoms. The predicted octanol–water partition coefficient (Wildman–Crippen LogP) is 4.43. The van der Waals surface area contributed by atoms with Crippen molar-refractivity contribution < 1.29 is 9.53 Å². The van der Waals surface area contributed by atoms with Crippen LogP contribution in [0.1, 0.15) is 44.7 Å². The van der Waals surface area contributed by atoms with Gasteiger partial charge in [-0.2, -0.15) is 0 Å². The summed E-state index contributed by atoms with van der Waals surface area (Å²) in [6, 6.07) is 18.1. The molecule has 1 heterocycles. The van der Waals surface area contributed by atoms with E-state index >= 15 is 0 Å². The van der Waals surface area contributed by atoms with Crippen LogP contribution in [0.5, 0.6) is 5.75 Å². The molecule has 1 atom stereocenters. The Bertz CT molecular complexity index is 703. The summed E-state index contributed by atoms with van der Waals surface area (Å²) in [6.45, 7) is 9.82. The topological polar surface area (TPSA) is 41.6 Å². The van der Waals surface area contributed by atoms with Gasteiger partial charge in [0.2, 0.25) is 0 Å². The van der Waals surface area contributed by atoms with E-state index in [2.05, 4.69) is 48.3 Å². The number of para-hydroxylation sites is 1. The molecule has 0 spiro atoms. The molecule has 0 aromatic heterocycles. The van der Waals surface area contributed by atoms with Crippen molar-refractivity contribution in [1.82, 2.24) is 10.2 Å². The smallest absolute Gasteiger partial charge is 0.260 e. The van der Waals surface area contributed by atoms with E-state index in [1.54, 1.807) is 6.92 Å². The van der Waals surface area contributed by atoms with Crippen LogP contribution in [0.3, 0.4) is 0 Å². The largest absolute Gasteiger partial charge is 0.481 e.